The van der Waals surface area contributed by atoms with Gasteiger partial charge in [-0.2, -0.15) is 0 Å². The number of anilines is 1. The highest BCUT2D eigenvalue weighted by atomic mass is 19.2. The first-order chi connectivity index (χ1) is 10.1. The largest absolute Gasteiger partial charge is 0.370 e. The number of pyridine rings is 1. The van der Waals surface area contributed by atoms with E-state index < -0.39 is 11.6 Å². The van der Waals surface area contributed by atoms with Crippen molar-refractivity contribution < 1.29 is 13.5 Å². The van der Waals surface area contributed by atoms with Crippen LogP contribution in [-0.4, -0.2) is 24.7 Å². The number of hydrogen-bond acceptors (Lipinski definition) is 3. The van der Waals surface area contributed by atoms with E-state index in [1.807, 2.05) is 25.1 Å². The normalized spacial score (nSPS) is 18.8. The van der Waals surface area contributed by atoms with E-state index in [4.69, 9.17) is 4.74 Å². The minimum absolute atomic E-state index is 0.281. The zero-order chi connectivity index (χ0) is 14.8. The molecule has 0 aliphatic carbocycles. The first kappa shape index (κ1) is 13.9. The summed E-state index contributed by atoms with van der Waals surface area (Å²) in [7, 11) is 0. The summed E-state index contributed by atoms with van der Waals surface area (Å²) < 4.78 is 32.0. The van der Waals surface area contributed by atoms with E-state index in [0.29, 0.717) is 18.7 Å². The predicted octanol–water partition coefficient (Wildman–Crippen LogP) is 3.25. The zero-order valence-electron chi connectivity index (χ0n) is 11.7. The van der Waals surface area contributed by atoms with Crippen molar-refractivity contribution in [3.63, 3.8) is 0 Å². The Morgan fingerprint density at radius 1 is 1.19 bits per heavy atom. The van der Waals surface area contributed by atoms with Crippen molar-refractivity contribution in [2.45, 2.75) is 13.0 Å². The van der Waals surface area contributed by atoms with Crippen LogP contribution in [0.25, 0.3) is 0 Å². The van der Waals surface area contributed by atoms with Crippen molar-refractivity contribution in [3.8, 4) is 0 Å². The van der Waals surface area contributed by atoms with Crippen LogP contribution >= 0.6 is 0 Å². The smallest absolute Gasteiger partial charge is 0.159 e. The molecule has 3 nitrogen and oxygen atoms in total. The average molecular weight is 290 g/mol. The molecule has 2 aromatic rings. The molecule has 1 saturated heterocycles. The molecule has 1 aromatic heterocycles. The van der Waals surface area contributed by atoms with E-state index in [1.54, 1.807) is 6.07 Å². The van der Waals surface area contributed by atoms with E-state index in [-0.39, 0.29) is 6.10 Å². The summed E-state index contributed by atoms with van der Waals surface area (Å²) in [6.07, 6.45) is -0.281. The number of hydrogen-bond donors (Lipinski definition) is 0. The van der Waals surface area contributed by atoms with Gasteiger partial charge in [0.1, 0.15) is 11.9 Å². The molecule has 2 heterocycles. The van der Waals surface area contributed by atoms with Crippen LogP contribution in [-0.2, 0) is 4.74 Å². The van der Waals surface area contributed by atoms with Crippen molar-refractivity contribution in [2.24, 2.45) is 0 Å². The number of aryl methyl sites for hydroxylation is 1. The van der Waals surface area contributed by atoms with Gasteiger partial charge in [-0.05, 0) is 36.8 Å². The molecule has 1 aromatic carbocycles. The summed E-state index contributed by atoms with van der Waals surface area (Å²) >= 11 is 0. The molecule has 1 atom stereocenters. The van der Waals surface area contributed by atoms with Crippen molar-refractivity contribution in [2.75, 3.05) is 24.6 Å². The summed E-state index contributed by atoms with van der Waals surface area (Å²) in [5.41, 5.74) is 1.59. The van der Waals surface area contributed by atoms with Crippen LogP contribution in [0.4, 0.5) is 14.6 Å². The second kappa shape index (κ2) is 5.77. The Bertz CT molecular complexity index is 648. The molecular weight excluding hydrogens is 274 g/mol. The van der Waals surface area contributed by atoms with Gasteiger partial charge in [0.2, 0.25) is 0 Å². The summed E-state index contributed by atoms with van der Waals surface area (Å²) in [4.78, 5) is 6.59. The lowest BCUT2D eigenvalue weighted by Gasteiger charge is -2.34. The number of nitrogens with zero attached hydrogens (tertiary/aromatic N) is 2. The lowest BCUT2D eigenvalue weighted by Crippen LogP contribution is -2.38. The predicted molar refractivity (Wildman–Crippen MR) is 76.2 cm³/mol. The summed E-state index contributed by atoms with van der Waals surface area (Å²) in [6, 6.07) is 9.75. The molecule has 21 heavy (non-hydrogen) atoms. The third-order valence-electron chi connectivity index (χ3n) is 3.58. The number of aromatic nitrogens is 1. The van der Waals surface area contributed by atoms with Crippen molar-refractivity contribution in [3.05, 3.63) is 59.3 Å². The lowest BCUT2D eigenvalue weighted by atomic mass is 10.1. The van der Waals surface area contributed by atoms with Crippen molar-refractivity contribution in [1.29, 1.82) is 0 Å². The molecule has 1 aliphatic heterocycles. The van der Waals surface area contributed by atoms with Gasteiger partial charge in [-0.25, -0.2) is 13.8 Å². The minimum Gasteiger partial charge on any atom is -0.370 e. The van der Waals surface area contributed by atoms with E-state index in [1.165, 1.54) is 6.07 Å². The number of halogens is 2. The second-order valence-corrected chi connectivity index (χ2v) is 5.12. The topological polar surface area (TPSA) is 25.4 Å². The van der Waals surface area contributed by atoms with Crippen LogP contribution in [0.1, 0.15) is 17.4 Å². The Kier molecular flexibility index (Phi) is 3.84. The zero-order valence-corrected chi connectivity index (χ0v) is 11.7. The quantitative estimate of drug-likeness (QED) is 0.849. The van der Waals surface area contributed by atoms with Crippen LogP contribution < -0.4 is 4.90 Å². The molecule has 3 rings (SSSR count). The Hall–Kier alpha value is -2.01. The van der Waals surface area contributed by atoms with Gasteiger partial charge >= 0.3 is 0 Å². The standard InChI is InChI=1S/C16H16F2N2O/c1-11-3-2-4-16(19-11)20-7-8-21-15(10-20)12-5-6-13(17)14(18)9-12/h2-6,9,15H,7-8,10H2,1H3. The molecule has 0 saturated carbocycles. The van der Waals surface area contributed by atoms with Crippen LogP contribution in [0.3, 0.4) is 0 Å². The highest BCUT2D eigenvalue weighted by molar-refractivity contribution is 5.40. The fourth-order valence-corrected chi connectivity index (χ4v) is 2.48. The number of ether oxygens (including phenoxy) is 1. The Morgan fingerprint density at radius 2 is 2.05 bits per heavy atom. The molecule has 0 bridgehead atoms. The highest BCUT2D eigenvalue weighted by Gasteiger charge is 2.23. The monoisotopic (exact) mass is 290 g/mol. The molecule has 1 aliphatic rings. The maximum absolute atomic E-state index is 13.4. The second-order valence-electron chi connectivity index (χ2n) is 5.12. The molecule has 0 amide bonds. The SMILES string of the molecule is Cc1cccc(N2CCOC(c3ccc(F)c(F)c3)C2)n1. The van der Waals surface area contributed by atoms with Crippen LogP contribution in [0, 0.1) is 18.6 Å². The Balaban J connectivity index is 1.80. The Morgan fingerprint density at radius 3 is 2.81 bits per heavy atom. The van der Waals surface area contributed by atoms with Gasteiger partial charge in [0.15, 0.2) is 11.6 Å². The third kappa shape index (κ3) is 3.03. The van der Waals surface area contributed by atoms with Gasteiger partial charge in [-0.1, -0.05) is 12.1 Å². The molecule has 1 fully saturated rings. The van der Waals surface area contributed by atoms with Gasteiger partial charge in [0, 0.05) is 18.8 Å². The van der Waals surface area contributed by atoms with E-state index in [9.17, 15) is 8.78 Å². The highest BCUT2D eigenvalue weighted by Crippen LogP contribution is 2.26. The summed E-state index contributed by atoms with van der Waals surface area (Å²) in [6.45, 7) is 3.77. The fraction of sp³-hybridized carbons (Fsp3) is 0.312. The summed E-state index contributed by atoms with van der Waals surface area (Å²) in [5, 5.41) is 0. The van der Waals surface area contributed by atoms with Crippen LogP contribution in [0.5, 0.6) is 0 Å². The van der Waals surface area contributed by atoms with E-state index in [2.05, 4.69) is 9.88 Å². The maximum Gasteiger partial charge on any atom is 0.159 e. The van der Waals surface area contributed by atoms with Gasteiger partial charge in [-0.3, -0.25) is 0 Å². The number of morpholine rings is 1. The van der Waals surface area contributed by atoms with E-state index in [0.717, 1.165) is 24.1 Å². The molecule has 0 radical (unpaired) electrons. The molecular formula is C16H16F2N2O. The molecule has 5 heteroatoms. The molecule has 0 N–H and O–H groups in total. The van der Waals surface area contributed by atoms with E-state index >= 15 is 0 Å². The minimum atomic E-state index is -0.845. The Labute approximate surface area is 122 Å². The van der Waals surface area contributed by atoms with Gasteiger partial charge in [-0.15, -0.1) is 0 Å². The van der Waals surface area contributed by atoms with Crippen LogP contribution in [0.2, 0.25) is 0 Å². The van der Waals surface area contributed by atoms with Gasteiger partial charge in [0.25, 0.3) is 0 Å². The van der Waals surface area contributed by atoms with Crippen molar-refractivity contribution >= 4 is 5.82 Å². The third-order valence-corrected chi connectivity index (χ3v) is 3.58. The average Bonchev–Trinajstić information content (AvgIpc) is 2.50. The van der Waals surface area contributed by atoms with Gasteiger partial charge < -0.3 is 9.64 Å². The number of benzene rings is 1. The molecule has 0 spiro atoms. The van der Waals surface area contributed by atoms with Crippen LogP contribution in [0.15, 0.2) is 36.4 Å². The molecule has 1 unspecified atom stereocenters. The summed E-state index contributed by atoms with van der Waals surface area (Å²) in [5.74, 6) is -0.806. The fourth-order valence-electron chi connectivity index (χ4n) is 2.48. The first-order valence-electron chi connectivity index (χ1n) is 6.88. The molecule has 110 valence electrons. The first-order valence-corrected chi connectivity index (χ1v) is 6.88. The van der Waals surface area contributed by atoms with Crippen molar-refractivity contribution in [1.82, 2.24) is 4.98 Å². The van der Waals surface area contributed by atoms with Gasteiger partial charge in [0.05, 0.1) is 6.61 Å². The number of rotatable bonds is 2. The maximum atomic E-state index is 13.4. The lowest BCUT2D eigenvalue weighted by molar-refractivity contribution is 0.0392.